The number of rotatable bonds is 2. The molecule has 0 saturated carbocycles. The van der Waals surface area contributed by atoms with Crippen molar-refractivity contribution in [2.75, 3.05) is 0 Å². The van der Waals surface area contributed by atoms with Gasteiger partial charge in [0.25, 0.3) is 0 Å². The fraction of sp³-hybridized carbons (Fsp3) is 0.500. The summed E-state index contributed by atoms with van der Waals surface area (Å²) in [4.78, 5) is 0. The van der Waals surface area contributed by atoms with Crippen LogP contribution in [0.1, 0.15) is 27.2 Å². The van der Waals surface area contributed by atoms with Crippen molar-refractivity contribution in [1.29, 1.82) is 0 Å². The van der Waals surface area contributed by atoms with Crippen molar-refractivity contribution in [3.8, 4) is 0 Å². The molecule has 0 radical (unpaired) electrons. The molecular weight excluding hydrogens is 128 g/mol. The lowest BCUT2D eigenvalue weighted by Crippen LogP contribution is -1.83. The first-order valence-electron chi connectivity index (χ1n) is 3.34. The summed E-state index contributed by atoms with van der Waals surface area (Å²) in [6, 6.07) is 0. The molecule has 0 aliphatic heterocycles. The molecule has 0 aromatic heterocycles. The van der Waals surface area contributed by atoms with Crippen LogP contribution in [0, 0.1) is 0 Å². The fourth-order valence-corrected chi connectivity index (χ4v) is 0.675. The van der Waals surface area contributed by atoms with Gasteiger partial charge in [0.1, 0.15) is 0 Å². The third-order valence-corrected chi connectivity index (χ3v) is 1.22. The lowest BCUT2D eigenvalue weighted by Gasteiger charge is -1.97. The maximum atomic E-state index is 9.10. The second-order valence-corrected chi connectivity index (χ2v) is 2.27. The van der Waals surface area contributed by atoms with Crippen LogP contribution in [0.15, 0.2) is 23.2 Å². The Labute approximate surface area is 61.5 Å². The minimum atomic E-state index is 0.220. The monoisotopic (exact) mass is 142 g/mol. The Hall–Kier alpha value is -0.920. The van der Waals surface area contributed by atoms with Crippen molar-refractivity contribution in [1.82, 2.24) is 0 Å². The average Bonchev–Trinajstić information content (AvgIpc) is 1.85. The van der Waals surface area contributed by atoms with Gasteiger partial charge in [-0.2, -0.15) is 0 Å². The van der Waals surface area contributed by atoms with E-state index in [2.05, 4.69) is 0 Å². The van der Waals surface area contributed by atoms with Gasteiger partial charge in [-0.15, -0.1) is 0 Å². The van der Waals surface area contributed by atoms with Crippen LogP contribution >= 0.6 is 0 Å². The second-order valence-electron chi connectivity index (χ2n) is 2.27. The zero-order valence-corrected chi connectivity index (χ0v) is 6.68. The van der Waals surface area contributed by atoms with Gasteiger partial charge >= 0.3 is 0 Å². The van der Waals surface area contributed by atoms with Gasteiger partial charge in [0, 0.05) is 6.42 Å². The van der Waals surface area contributed by atoms with Crippen molar-refractivity contribution < 1.29 is 10.2 Å². The van der Waals surface area contributed by atoms with Gasteiger partial charge in [-0.3, -0.25) is 0 Å². The van der Waals surface area contributed by atoms with E-state index in [0.717, 1.165) is 5.57 Å². The molecule has 10 heavy (non-hydrogen) atoms. The number of aliphatic hydroxyl groups excluding tert-OH is 2. The van der Waals surface area contributed by atoms with Crippen molar-refractivity contribution in [2.45, 2.75) is 27.2 Å². The topological polar surface area (TPSA) is 40.5 Å². The smallest absolute Gasteiger partial charge is 0.0950 e. The highest BCUT2D eigenvalue weighted by Gasteiger charge is 1.93. The Kier molecular flexibility index (Phi) is 3.62. The SMILES string of the molecule is CC/C(O)=C(C)\C=C(/C)O. The highest BCUT2D eigenvalue weighted by Crippen LogP contribution is 2.06. The van der Waals surface area contributed by atoms with Crippen molar-refractivity contribution in [3.05, 3.63) is 23.2 Å². The molecule has 0 fully saturated rings. The van der Waals surface area contributed by atoms with Gasteiger partial charge in [0.05, 0.1) is 11.5 Å². The zero-order valence-electron chi connectivity index (χ0n) is 6.68. The number of hydrogen-bond donors (Lipinski definition) is 2. The highest BCUT2D eigenvalue weighted by molar-refractivity contribution is 5.20. The molecule has 0 unspecified atom stereocenters. The van der Waals surface area contributed by atoms with Crippen LogP contribution in [0.5, 0.6) is 0 Å². The molecule has 2 N–H and O–H groups in total. The third-order valence-electron chi connectivity index (χ3n) is 1.22. The van der Waals surface area contributed by atoms with Gasteiger partial charge in [-0.25, -0.2) is 0 Å². The quantitative estimate of drug-likeness (QED) is 0.459. The van der Waals surface area contributed by atoms with E-state index in [1.807, 2.05) is 6.92 Å². The van der Waals surface area contributed by atoms with E-state index in [9.17, 15) is 0 Å². The normalized spacial score (nSPS) is 14.9. The van der Waals surface area contributed by atoms with E-state index in [1.54, 1.807) is 19.9 Å². The van der Waals surface area contributed by atoms with Gasteiger partial charge in [-0.05, 0) is 25.5 Å². The van der Waals surface area contributed by atoms with Gasteiger partial charge < -0.3 is 10.2 Å². The number of allylic oxidation sites excluding steroid dienone is 4. The third kappa shape index (κ3) is 3.17. The summed E-state index contributed by atoms with van der Waals surface area (Å²) in [5.41, 5.74) is 0.725. The molecule has 0 bridgehead atoms. The lowest BCUT2D eigenvalue weighted by atomic mass is 10.2. The molecule has 0 saturated heterocycles. The molecule has 0 heterocycles. The van der Waals surface area contributed by atoms with Crippen LogP contribution in [0.2, 0.25) is 0 Å². The summed E-state index contributed by atoms with van der Waals surface area (Å²) >= 11 is 0. The minimum Gasteiger partial charge on any atom is -0.513 e. The molecule has 0 aliphatic rings. The van der Waals surface area contributed by atoms with Crippen molar-refractivity contribution in [3.63, 3.8) is 0 Å². The first kappa shape index (κ1) is 9.08. The van der Waals surface area contributed by atoms with Crippen LogP contribution in [-0.2, 0) is 0 Å². The standard InChI is InChI=1S/C8H14O2/c1-4-8(10)6(2)5-7(3)9/h5,9-10H,4H2,1-3H3/b7-5+,8-6+. The average molecular weight is 142 g/mol. The molecule has 2 heteroatoms. The lowest BCUT2D eigenvalue weighted by molar-refractivity contribution is 0.386. The van der Waals surface area contributed by atoms with Crippen molar-refractivity contribution in [2.24, 2.45) is 0 Å². The summed E-state index contributed by atoms with van der Waals surface area (Å²) in [7, 11) is 0. The highest BCUT2D eigenvalue weighted by atomic mass is 16.3. The molecule has 0 aliphatic carbocycles. The summed E-state index contributed by atoms with van der Waals surface area (Å²) < 4.78 is 0. The molecule has 0 rings (SSSR count). The van der Waals surface area contributed by atoms with Crippen molar-refractivity contribution >= 4 is 0 Å². The van der Waals surface area contributed by atoms with E-state index in [4.69, 9.17) is 10.2 Å². The summed E-state index contributed by atoms with van der Waals surface area (Å²) in [6.45, 7) is 5.20. The van der Waals surface area contributed by atoms with Crippen LogP contribution < -0.4 is 0 Å². The van der Waals surface area contributed by atoms with E-state index >= 15 is 0 Å². The largest absolute Gasteiger partial charge is 0.513 e. The summed E-state index contributed by atoms with van der Waals surface area (Å²) in [5, 5.41) is 17.9. The molecule has 0 aromatic carbocycles. The maximum Gasteiger partial charge on any atom is 0.0950 e. The Balaban J connectivity index is 4.33. The van der Waals surface area contributed by atoms with Crippen LogP contribution in [0.25, 0.3) is 0 Å². The Bertz CT molecular complexity index is 162. The molecule has 0 spiro atoms. The first-order valence-corrected chi connectivity index (χ1v) is 3.34. The molecular formula is C8H14O2. The predicted molar refractivity (Wildman–Crippen MR) is 42.0 cm³/mol. The molecule has 0 amide bonds. The van der Waals surface area contributed by atoms with Gasteiger partial charge in [-0.1, -0.05) is 6.92 Å². The van der Waals surface area contributed by atoms with E-state index in [0.29, 0.717) is 12.2 Å². The second kappa shape index (κ2) is 3.99. The summed E-state index contributed by atoms with van der Waals surface area (Å²) in [5.74, 6) is 0.547. The van der Waals surface area contributed by atoms with E-state index in [-0.39, 0.29) is 5.76 Å². The Morgan fingerprint density at radius 3 is 2.10 bits per heavy atom. The molecule has 2 nitrogen and oxygen atoms in total. The zero-order chi connectivity index (χ0) is 8.15. The fourth-order valence-electron chi connectivity index (χ4n) is 0.675. The van der Waals surface area contributed by atoms with Crippen LogP contribution in [0.4, 0.5) is 0 Å². The molecule has 58 valence electrons. The van der Waals surface area contributed by atoms with E-state index < -0.39 is 0 Å². The van der Waals surface area contributed by atoms with Gasteiger partial charge in [0.2, 0.25) is 0 Å². The molecule has 0 aromatic rings. The van der Waals surface area contributed by atoms with E-state index in [1.165, 1.54) is 0 Å². The Morgan fingerprint density at radius 2 is 1.80 bits per heavy atom. The van der Waals surface area contributed by atoms with Gasteiger partial charge in [0.15, 0.2) is 0 Å². The predicted octanol–water partition coefficient (Wildman–Crippen LogP) is 2.69. The van der Waals surface area contributed by atoms with Crippen LogP contribution in [-0.4, -0.2) is 10.2 Å². The number of hydrogen-bond acceptors (Lipinski definition) is 2. The minimum absolute atomic E-state index is 0.220. The molecule has 0 atom stereocenters. The Morgan fingerprint density at radius 1 is 1.30 bits per heavy atom. The first-order chi connectivity index (χ1) is 4.57. The number of aliphatic hydroxyl groups is 2. The summed E-state index contributed by atoms with van der Waals surface area (Å²) in [6.07, 6.45) is 2.15. The van der Waals surface area contributed by atoms with Crippen LogP contribution in [0.3, 0.4) is 0 Å². The maximum absolute atomic E-state index is 9.10.